The smallest absolute Gasteiger partial charge is 0.150 e. The molecule has 0 heterocycles. The Balaban J connectivity index is 2.54. The highest BCUT2D eigenvalue weighted by Crippen LogP contribution is 2.26. The molecule has 0 spiro atoms. The molecule has 0 aliphatic rings. The van der Waals surface area contributed by atoms with E-state index in [4.69, 9.17) is 0 Å². The third kappa shape index (κ3) is 4.08. The molecular formula is C12H16BrF2N. The fourth-order valence-corrected chi connectivity index (χ4v) is 1.98. The van der Waals surface area contributed by atoms with Crippen molar-refractivity contribution in [3.05, 3.63) is 28.2 Å². The fourth-order valence-electron chi connectivity index (χ4n) is 1.43. The molecular weight excluding hydrogens is 276 g/mol. The van der Waals surface area contributed by atoms with Crippen LogP contribution in [0, 0.1) is 17.6 Å². The van der Waals surface area contributed by atoms with E-state index in [2.05, 4.69) is 35.1 Å². The van der Waals surface area contributed by atoms with Crippen LogP contribution in [-0.4, -0.2) is 6.54 Å². The Morgan fingerprint density at radius 3 is 2.56 bits per heavy atom. The normalized spacial score (nSPS) is 10.9. The molecule has 0 fully saturated rings. The van der Waals surface area contributed by atoms with Crippen molar-refractivity contribution in [2.24, 2.45) is 5.92 Å². The lowest BCUT2D eigenvalue weighted by Crippen LogP contribution is -2.05. The predicted molar refractivity (Wildman–Crippen MR) is 66.6 cm³/mol. The van der Waals surface area contributed by atoms with Crippen LogP contribution < -0.4 is 5.32 Å². The van der Waals surface area contributed by atoms with Crippen molar-refractivity contribution in [3.8, 4) is 0 Å². The minimum atomic E-state index is -0.572. The molecule has 0 aliphatic heterocycles. The van der Waals surface area contributed by atoms with Crippen LogP contribution in [0.2, 0.25) is 0 Å². The summed E-state index contributed by atoms with van der Waals surface area (Å²) in [5, 5.41) is 2.98. The quantitative estimate of drug-likeness (QED) is 0.783. The Labute approximate surface area is 103 Å². The monoisotopic (exact) mass is 291 g/mol. The van der Waals surface area contributed by atoms with E-state index in [1.807, 2.05) is 0 Å². The van der Waals surface area contributed by atoms with Crippen LogP contribution >= 0.6 is 15.9 Å². The minimum absolute atomic E-state index is 0.338. The van der Waals surface area contributed by atoms with Gasteiger partial charge in [-0.05, 0) is 40.8 Å². The average Bonchev–Trinajstić information content (AvgIpc) is 2.14. The van der Waals surface area contributed by atoms with Crippen LogP contribution in [0.15, 0.2) is 16.6 Å². The molecule has 1 rings (SSSR count). The zero-order valence-electron chi connectivity index (χ0n) is 9.49. The molecule has 0 bridgehead atoms. The van der Waals surface area contributed by atoms with Gasteiger partial charge in [0.2, 0.25) is 0 Å². The molecule has 1 nitrogen and oxygen atoms in total. The second kappa shape index (κ2) is 6.18. The molecule has 1 N–H and O–H groups in total. The minimum Gasteiger partial charge on any atom is -0.382 e. The number of hydrogen-bond donors (Lipinski definition) is 1. The lowest BCUT2D eigenvalue weighted by Gasteiger charge is -2.10. The van der Waals surface area contributed by atoms with Gasteiger partial charge in [0, 0.05) is 17.1 Å². The molecule has 0 saturated carbocycles. The average molecular weight is 292 g/mol. The van der Waals surface area contributed by atoms with Crippen molar-refractivity contribution in [1.82, 2.24) is 0 Å². The first kappa shape index (κ1) is 13.4. The maximum atomic E-state index is 13.4. The highest BCUT2D eigenvalue weighted by atomic mass is 79.9. The first-order valence-corrected chi connectivity index (χ1v) is 6.18. The van der Waals surface area contributed by atoms with Gasteiger partial charge < -0.3 is 5.32 Å². The highest BCUT2D eigenvalue weighted by molar-refractivity contribution is 9.10. The summed E-state index contributed by atoms with van der Waals surface area (Å²) in [7, 11) is 0. The summed E-state index contributed by atoms with van der Waals surface area (Å²) in [4.78, 5) is 0. The van der Waals surface area contributed by atoms with E-state index >= 15 is 0 Å². The second-order valence-corrected chi connectivity index (χ2v) is 5.06. The van der Waals surface area contributed by atoms with Crippen molar-refractivity contribution >= 4 is 21.6 Å². The molecule has 1 aromatic carbocycles. The van der Waals surface area contributed by atoms with Gasteiger partial charge in [0.05, 0.1) is 5.69 Å². The molecule has 0 radical (unpaired) electrons. The first-order chi connectivity index (χ1) is 7.50. The van der Waals surface area contributed by atoms with Crippen LogP contribution in [0.5, 0.6) is 0 Å². The number of rotatable bonds is 5. The molecule has 0 unspecified atom stereocenters. The van der Waals surface area contributed by atoms with Gasteiger partial charge in [-0.3, -0.25) is 0 Å². The van der Waals surface area contributed by atoms with Crippen LogP contribution in [-0.2, 0) is 0 Å². The zero-order chi connectivity index (χ0) is 12.1. The van der Waals surface area contributed by atoms with Crippen LogP contribution in [0.25, 0.3) is 0 Å². The van der Waals surface area contributed by atoms with E-state index in [1.165, 1.54) is 6.07 Å². The third-order valence-corrected chi connectivity index (χ3v) is 2.89. The van der Waals surface area contributed by atoms with Gasteiger partial charge >= 0.3 is 0 Å². The summed E-state index contributed by atoms with van der Waals surface area (Å²) in [6, 6.07) is 2.14. The Kier molecular flexibility index (Phi) is 5.19. The van der Waals surface area contributed by atoms with Gasteiger partial charge in [0.1, 0.15) is 11.6 Å². The Morgan fingerprint density at radius 2 is 2.00 bits per heavy atom. The van der Waals surface area contributed by atoms with Gasteiger partial charge in [0.25, 0.3) is 0 Å². The van der Waals surface area contributed by atoms with Gasteiger partial charge in [-0.2, -0.15) is 0 Å². The molecule has 16 heavy (non-hydrogen) atoms. The van der Waals surface area contributed by atoms with Crippen molar-refractivity contribution in [3.63, 3.8) is 0 Å². The summed E-state index contributed by atoms with van der Waals surface area (Å²) in [5.41, 5.74) is 0.338. The number of nitrogens with one attached hydrogen (secondary N) is 1. The first-order valence-electron chi connectivity index (χ1n) is 5.39. The van der Waals surface area contributed by atoms with Crippen molar-refractivity contribution in [2.75, 3.05) is 11.9 Å². The van der Waals surface area contributed by atoms with Crippen molar-refractivity contribution in [2.45, 2.75) is 26.7 Å². The van der Waals surface area contributed by atoms with Gasteiger partial charge in [-0.15, -0.1) is 0 Å². The predicted octanol–water partition coefficient (Wildman–Crippen LogP) is 4.58. The standard InChI is InChI=1S/C12H16BrF2N/c1-8(2)4-3-5-16-12-10(13)6-9(14)7-11(12)15/h6-8,16H,3-5H2,1-2H3. The van der Waals surface area contributed by atoms with E-state index in [-0.39, 0.29) is 0 Å². The molecule has 0 aliphatic carbocycles. The maximum Gasteiger partial charge on any atom is 0.150 e. The summed E-state index contributed by atoms with van der Waals surface area (Å²) in [6.07, 6.45) is 2.06. The SMILES string of the molecule is CC(C)CCCNc1c(F)cc(F)cc1Br. The molecule has 0 saturated heterocycles. The topological polar surface area (TPSA) is 12.0 Å². The summed E-state index contributed by atoms with van der Waals surface area (Å²) in [5.74, 6) is -0.489. The van der Waals surface area contributed by atoms with Gasteiger partial charge in [0.15, 0.2) is 0 Å². The van der Waals surface area contributed by atoms with E-state index in [0.29, 0.717) is 22.6 Å². The lowest BCUT2D eigenvalue weighted by atomic mass is 10.1. The maximum absolute atomic E-state index is 13.4. The van der Waals surface area contributed by atoms with E-state index in [1.54, 1.807) is 0 Å². The largest absolute Gasteiger partial charge is 0.382 e. The number of benzene rings is 1. The Hall–Kier alpha value is -0.640. The molecule has 4 heteroatoms. The second-order valence-electron chi connectivity index (χ2n) is 4.21. The molecule has 0 amide bonds. The van der Waals surface area contributed by atoms with E-state index in [0.717, 1.165) is 18.9 Å². The molecule has 0 aromatic heterocycles. The third-order valence-electron chi connectivity index (χ3n) is 2.27. The number of halogens is 3. The van der Waals surface area contributed by atoms with Crippen LogP contribution in [0.4, 0.5) is 14.5 Å². The van der Waals surface area contributed by atoms with Crippen LogP contribution in [0.1, 0.15) is 26.7 Å². The summed E-state index contributed by atoms with van der Waals surface area (Å²) in [6.45, 7) is 4.99. The van der Waals surface area contributed by atoms with Gasteiger partial charge in [-0.1, -0.05) is 13.8 Å². The molecule has 1 aromatic rings. The lowest BCUT2D eigenvalue weighted by molar-refractivity contribution is 0.563. The highest BCUT2D eigenvalue weighted by Gasteiger charge is 2.08. The number of hydrogen-bond acceptors (Lipinski definition) is 1. The van der Waals surface area contributed by atoms with Crippen LogP contribution in [0.3, 0.4) is 0 Å². The molecule has 0 atom stereocenters. The van der Waals surface area contributed by atoms with Crippen molar-refractivity contribution < 1.29 is 8.78 Å². The van der Waals surface area contributed by atoms with E-state index in [9.17, 15) is 8.78 Å². The number of anilines is 1. The Bertz CT molecular complexity index is 330. The molecule has 90 valence electrons. The van der Waals surface area contributed by atoms with Gasteiger partial charge in [-0.25, -0.2) is 8.78 Å². The van der Waals surface area contributed by atoms with E-state index < -0.39 is 11.6 Å². The Morgan fingerprint density at radius 1 is 1.31 bits per heavy atom. The van der Waals surface area contributed by atoms with Crippen molar-refractivity contribution in [1.29, 1.82) is 0 Å². The summed E-state index contributed by atoms with van der Waals surface area (Å²) < 4.78 is 26.6. The fraction of sp³-hybridized carbons (Fsp3) is 0.500. The summed E-state index contributed by atoms with van der Waals surface area (Å²) >= 11 is 3.14. The zero-order valence-corrected chi connectivity index (χ0v) is 11.1.